The number of carbonyl (C=O) groups is 1. The number of anilines is 1. The number of rotatable bonds is 5. The van der Waals surface area contributed by atoms with E-state index in [4.69, 9.17) is 0 Å². The monoisotopic (exact) mass is 369 g/mol. The van der Waals surface area contributed by atoms with Gasteiger partial charge in [-0.15, -0.1) is 11.3 Å². The lowest BCUT2D eigenvalue weighted by atomic mass is 9.97. The first-order valence-corrected chi connectivity index (χ1v) is 9.95. The van der Waals surface area contributed by atoms with E-state index in [1.54, 1.807) is 10.8 Å². The molecule has 1 unspecified atom stereocenters. The van der Waals surface area contributed by atoms with Crippen LogP contribution >= 0.6 is 11.3 Å². The molecule has 0 saturated heterocycles. The third kappa shape index (κ3) is 3.33. The predicted octanol–water partition coefficient (Wildman–Crippen LogP) is 4.87. The second-order valence-electron chi connectivity index (χ2n) is 7.11. The first-order valence-electron chi connectivity index (χ1n) is 9.13. The molecule has 0 spiro atoms. The van der Waals surface area contributed by atoms with Gasteiger partial charge in [0.15, 0.2) is 11.0 Å². The first-order chi connectivity index (χ1) is 12.6. The minimum absolute atomic E-state index is 0.109. The van der Waals surface area contributed by atoms with E-state index in [9.17, 15) is 9.90 Å². The lowest BCUT2D eigenvalue weighted by molar-refractivity contribution is -0.119. The third-order valence-corrected chi connectivity index (χ3v) is 6.07. The topological polar surface area (TPSA) is 67.2 Å². The Morgan fingerprint density at radius 1 is 1.38 bits per heavy atom. The summed E-state index contributed by atoms with van der Waals surface area (Å²) in [4.78, 5) is 18.4. The van der Waals surface area contributed by atoms with Crippen molar-refractivity contribution in [2.24, 2.45) is 5.92 Å². The van der Waals surface area contributed by atoms with Crippen LogP contribution in [0.25, 0.3) is 10.8 Å². The molecule has 1 atom stereocenters. The smallest absolute Gasteiger partial charge is 0.249 e. The molecule has 136 valence electrons. The van der Waals surface area contributed by atoms with Gasteiger partial charge in [-0.05, 0) is 25.3 Å². The Kier molecular flexibility index (Phi) is 4.68. The van der Waals surface area contributed by atoms with Gasteiger partial charge in [0.2, 0.25) is 5.91 Å². The standard InChI is InChI=1S/C20H23N3O2S/c1-13-11-21-20(26-13)22-18(24)17(10-14-6-2-3-7-14)23-12-15-8-4-5-9-16(15)19(23)25/h4-5,8-9,11-12,14,17,25H,2-3,6-7,10H2,1H3,(H,21,22,24). The summed E-state index contributed by atoms with van der Waals surface area (Å²) < 4.78 is 1.73. The van der Waals surface area contributed by atoms with Crippen molar-refractivity contribution in [1.29, 1.82) is 0 Å². The highest BCUT2D eigenvalue weighted by atomic mass is 32.1. The number of carbonyl (C=O) groups excluding carboxylic acids is 1. The van der Waals surface area contributed by atoms with Gasteiger partial charge >= 0.3 is 0 Å². The van der Waals surface area contributed by atoms with Crippen molar-refractivity contribution in [2.75, 3.05) is 5.32 Å². The summed E-state index contributed by atoms with van der Waals surface area (Å²) in [6, 6.07) is 7.25. The molecule has 3 aromatic rings. The number of benzene rings is 1. The molecule has 1 saturated carbocycles. The van der Waals surface area contributed by atoms with E-state index >= 15 is 0 Å². The van der Waals surface area contributed by atoms with E-state index in [0.717, 1.165) is 34.9 Å². The summed E-state index contributed by atoms with van der Waals surface area (Å²) in [6.07, 6.45) is 9.15. The SMILES string of the molecule is Cc1cnc(NC(=O)C(CC2CCCC2)n2cc3ccccc3c2O)s1. The van der Waals surface area contributed by atoms with Crippen molar-refractivity contribution < 1.29 is 9.90 Å². The average molecular weight is 369 g/mol. The number of amides is 1. The molecule has 2 heterocycles. The fraction of sp³-hybridized carbons (Fsp3) is 0.400. The van der Waals surface area contributed by atoms with Crippen LogP contribution in [0.4, 0.5) is 5.13 Å². The van der Waals surface area contributed by atoms with Gasteiger partial charge in [-0.2, -0.15) is 0 Å². The maximum absolute atomic E-state index is 13.1. The van der Waals surface area contributed by atoms with Crippen molar-refractivity contribution in [3.8, 4) is 5.88 Å². The van der Waals surface area contributed by atoms with E-state index in [0.29, 0.717) is 11.0 Å². The van der Waals surface area contributed by atoms with Crippen molar-refractivity contribution in [2.45, 2.75) is 45.1 Å². The molecule has 1 aromatic carbocycles. The van der Waals surface area contributed by atoms with E-state index in [1.807, 2.05) is 37.4 Å². The van der Waals surface area contributed by atoms with Crippen LogP contribution in [0, 0.1) is 12.8 Å². The van der Waals surface area contributed by atoms with E-state index < -0.39 is 6.04 Å². The third-order valence-electron chi connectivity index (χ3n) is 5.25. The van der Waals surface area contributed by atoms with Crippen LogP contribution in [0.1, 0.15) is 43.0 Å². The van der Waals surface area contributed by atoms with E-state index in [-0.39, 0.29) is 11.8 Å². The number of fused-ring (bicyclic) bond motifs is 1. The molecule has 5 nitrogen and oxygen atoms in total. The lowest BCUT2D eigenvalue weighted by Crippen LogP contribution is -2.27. The number of aromatic hydroxyl groups is 1. The van der Waals surface area contributed by atoms with Crippen LogP contribution in [-0.2, 0) is 4.79 Å². The molecule has 0 aliphatic heterocycles. The fourth-order valence-electron chi connectivity index (χ4n) is 3.91. The molecular formula is C20H23N3O2S. The molecule has 1 aliphatic rings. The van der Waals surface area contributed by atoms with E-state index in [2.05, 4.69) is 10.3 Å². The van der Waals surface area contributed by atoms with Crippen LogP contribution in [0.3, 0.4) is 0 Å². The number of nitrogens with one attached hydrogen (secondary N) is 1. The second kappa shape index (κ2) is 7.11. The molecule has 2 aromatic heterocycles. The fourth-order valence-corrected chi connectivity index (χ4v) is 4.58. The van der Waals surface area contributed by atoms with Gasteiger partial charge in [-0.25, -0.2) is 4.98 Å². The lowest BCUT2D eigenvalue weighted by Gasteiger charge is -2.22. The Balaban J connectivity index is 1.66. The Bertz CT molecular complexity index is 924. The summed E-state index contributed by atoms with van der Waals surface area (Å²) in [6.45, 7) is 1.97. The van der Waals surface area contributed by atoms with Gasteiger partial charge < -0.3 is 15.0 Å². The molecular weight excluding hydrogens is 346 g/mol. The largest absolute Gasteiger partial charge is 0.494 e. The van der Waals surface area contributed by atoms with Gasteiger partial charge in [0.1, 0.15) is 6.04 Å². The molecule has 1 aliphatic carbocycles. The molecule has 1 fully saturated rings. The number of nitrogens with zero attached hydrogens (tertiary/aromatic N) is 2. The van der Waals surface area contributed by atoms with Gasteiger partial charge in [0, 0.05) is 28.0 Å². The van der Waals surface area contributed by atoms with Gasteiger partial charge in [-0.3, -0.25) is 4.79 Å². The first kappa shape index (κ1) is 17.1. The van der Waals surface area contributed by atoms with Gasteiger partial charge in [-0.1, -0.05) is 43.9 Å². The van der Waals surface area contributed by atoms with Crippen molar-refractivity contribution in [1.82, 2.24) is 9.55 Å². The average Bonchev–Trinajstić information content (AvgIpc) is 3.35. The normalized spacial score (nSPS) is 16.2. The number of hydrogen-bond donors (Lipinski definition) is 2. The molecule has 4 rings (SSSR count). The molecule has 1 amide bonds. The highest BCUT2D eigenvalue weighted by molar-refractivity contribution is 7.15. The quantitative estimate of drug-likeness (QED) is 0.674. The minimum Gasteiger partial charge on any atom is -0.494 e. The Hall–Kier alpha value is -2.34. The van der Waals surface area contributed by atoms with Crippen LogP contribution in [0.2, 0.25) is 0 Å². The zero-order valence-corrected chi connectivity index (χ0v) is 15.6. The molecule has 0 bridgehead atoms. The molecule has 0 radical (unpaired) electrons. The Labute approximate surface area is 156 Å². The highest BCUT2D eigenvalue weighted by Gasteiger charge is 2.29. The van der Waals surface area contributed by atoms with Gasteiger partial charge in [0.25, 0.3) is 0 Å². The maximum atomic E-state index is 13.1. The Morgan fingerprint density at radius 3 is 2.85 bits per heavy atom. The highest BCUT2D eigenvalue weighted by Crippen LogP contribution is 2.37. The molecule has 26 heavy (non-hydrogen) atoms. The maximum Gasteiger partial charge on any atom is 0.249 e. The zero-order valence-electron chi connectivity index (χ0n) is 14.8. The van der Waals surface area contributed by atoms with Crippen LogP contribution in [0.5, 0.6) is 5.88 Å². The summed E-state index contributed by atoms with van der Waals surface area (Å²) in [5.41, 5.74) is 0. The van der Waals surface area contributed by atoms with Crippen molar-refractivity contribution in [3.05, 3.63) is 41.5 Å². The van der Waals surface area contributed by atoms with Crippen LogP contribution < -0.4 is 5.32 Å². The molecule has 6 heteroatoms. The number of hydrogen-bond acceptors (Lipinski definition) is 4. The Morgan fingerprint density at radius 2 is 2.15 bits per heavy atom. The number of aromatic nitrogens is 2. The summed E-state index contributed by atoms with van der Waals surface area (Å²) in [7, 11) is 0. The van der Waals surface area contributed by atoms with Crippen LogP contribution in [0.15, 0.2) is 36.7 Å². The zero-order chi connectivity index (χ0) is 18.1. The minimum atomic E-state index is -0.435. The summed E-state index contributed by atoms with van der Waals surface area (Å²) in [5, 5.41) is 16.0. The van der Waals surface area contributed by atoms with Crippen LogP contribution in [-0.4, -0.2) is 20.6 Å². The summed E-state index contributed by atoms with van der Waals surface area (Å²) in [5.74, 6) is 0.574. The number of aryl methyl sites for hydroxylation is 1. The van der Waals surface area contributed by atoms with E-state index in [1.165, 1.54) is 24.2 Å². The second-order valence-corrected chi connectivity index (χ2v) is 8.35. The van der Waals surface area contributed by atoms with Crippen molar-refractivity contribution in [3.63, 3.8) is 0 Å². The predicted molar refractivity (Wildman–Crippen MR) is 105 cm³/mol. The summed E-state index contributed by atoms with van der Waals surface area (Å²) >= 11 is 1.47. The van der Waals surface area contributed by atoms with Gasteiger partial charge in [0.05, 0.1) is 0 Å². The number of thiazole rings is 1. The van der Waals surface area contributed by atoms with Crippen molar-refractivity contribution >= 4 is 33.1 Å². The molecule has 2 N–H and O–H groups in total.